The molecule has 4 aromatic rings. The number of rotatable bonds is 8. The van der Waals surface area contributed by atoms with Crippen LogP contribution in [0, 0.1) is 0 Å². The molecule has 7 nitrogen and oxygen atoms in total. The molecule has 0 spiro atoms. The third-order valence-corrected chi connectivity index (χ3v) is 5.98. The number of hydrogen-bond donors (Lipinski definition) is 1. The summed E-state index contributed by atoms with van der Waals surface area (Å²) in [7, 11) is 0. The van der Waals surface area contributed by atoms with Gasteiger partial charge in [-0.3, -0.25) is 14.3 Å². The predicted octanol–water partition coefficient (Wildman–Crippen LogP) is 5.50. The Hall–Kier alpha value is -3.36. The molecule has 2 heterocycles. The lowest BCUT2D eigenvalue weighted by Gasteiger charge is -2.14. The number of thioether (sulfide) groups is 1. The van der Waals surface area contributed by atoms with Crippen molar-refractivity contribution >= 4 is 35.0 Å². The van der Waals surface area contributed by atoms with E-state index in [4.69, 9.17) is 16.3 Å². The zero-order chi connectivity index (χ0) is 23.2. The number of pyridine rings is 1. The summed E-state index contributed by atoms with van der Waals surface area (Å²) >= 11 is 7.35. The molecule has 0 aliphatic rings. The Labute approximate surface area is 201 Å². The molecule has 33 heavy (non-hydrogen) atoms. The van der Waals surface area contributed by atoms with Crippen LogP contribution in [0.25, 0.3) is 17.1 Å². The van der Waals surface area contributed by atoms with Crippen LogP contribution in [0.3, 0.4) is 0 Å². The number of amides is 1. The van der Waals surface area contributed by atoms with Gasteiger partial charge in [-0.2, -0.15) is 0 Å². The van der Waals surface area contributed by atoms with Crippen LogP contribution >= 0.6 is 23.4 Å². The quantitative estimate of drug-likeness (QED) is 0.336. The first-order chi connectivity index (χ1) is 16.0. The van der Waals surface area contributed by atoms with Gasteiger partial charge < -0.3 is 10.1 Å². The number of benzene rings is 2. The lowest BCUT2D eigenvalue weighted by molar-refractivity contribution is -0.115. The third-order valence-electron chi connectivity index (χ3n) is 4.70. The Morgan fingerprint density at radius 3 is 2.67 bits per heavy atom. The van der Waals surface area contributed by atoms with E-state index >= 15 is 0 Å². The maximum atomic E-state index is 12.8. The van der Waals surface area contributed by atoms with Crippen molar-refractivity contribution in [1.29, 1.82) is 0 Å². The van der Waals surface area contributed by atoms with Crippen molar-refractivity contribution in [3.63, 3.8) is 0 Å². The van der Waals surface area contributed by atoms with E-state index in [0.29, 0.717) is 28.3 Å². The van der Waals surface area contributed by atoms with Crippen molar-refractivity contribution in [2.45, 2.75) is 24.3 Å². The molecule has 9 heteroatoms. The number of nitrogens with zero attached hydrogens (tertiary/aromatic N) is 4. The summed E-state index contributed by atoms with van der Waals surface area (Å²) in [6.45, 7) is 4.36. The first kappa shape index (κ1) is 22.8. The molecule has 1 atom stereocenters. The van der Waals surface area contributed by atoms with Gasteiger partial charge in [0.1, 0.15) is 5.75 Å². The van der Waals surface area contributed by atoms with Crippen molar-refractivity contribution in [3.8, 4) is 22.8 Å². The monoisotopic (exact) mass is 479 g/mol. The first-order valence-corrected chi connectivity index (χ1v) is 11.6. The van der Waals surface area contributed by atoms with Crippen molar-refractivity contribution in [1.82, 2.24) is 19.7 Å². The summed E-state index contributed by atoms with van der Waals surface area (Å²) in [6, 6.07) is 18.5. The molecule has 1 N–H and O–H groups in total. The molecule has 168 valence electrons. The topological polar surface area (TPSA) is 81.9 Å². The third kappa shape index (κ3) is 5.53. The number of aromatic nitrogens is 4. The molecule has 0 saturated carbocycles. The summed E-state index contributed by atoms with van der Waals surface area (Å²) in [6.07, 6.45) is 3.44. The van der Waals surface area contributed by atoms with E-state index in [1.54, 1.807) is 36.7 Å². The van der Waals surface area contributed by atoms with Crippen molar-refractivity contribution in [2.24, 2.45) is 0 Å². The minimum absolute atomic E-state index is 0.161. The highest BCUT2D eigenvalue weighted by atomic mass is 35.5. The number of carbonyl (C=O) groups excluding carboxylic acids is 1. The highest BCUT2D eigenvalue weighted by molar-refractivity contribution is 8.00. The standard InChI is InChI=1S/C24H22ClN5O2S/c1-3-32-21-11-9-20(10-12-21)30-22(17-6-5-13-26-15-17)28-29-24(30)33-16(2)23(31)27-19-8-4-7-18(25)14-19/h4-16H,3H2,1-2H3,(H,27,31). The van der Waals surface area contributed by atoms with E-state index in [1.807, 2.05) is 54.8 Å². The molecule has 0 bridgehead atoms. The molecule has 1 unspecified atom stereocenters. The smallest absolute Gasteiger partial charge is 0.237 e. The Morgan fingerprint density at radius 2 is 1.97 bits per heavy atom. The lowest BCUT2D eigenvalue weighted by atomic mass is 10.2. The van der Waals surface area contributed by atoms with Gasteiger partial charge >= 0.3 is 0 Å². The van der Waals surface area contributed by atoms with Crippen LogP contribution in [0.2, 0.25) is 5.02 Å². The minimum Gasteiger partial charge on any atom is -0.494 e. The minimum atomic E-state index is -0.434. The highest BCUT2D eigenvalue weighted by Crippen LogP contribution is 2.31. The number of halogens is 1. The van der Waals surface area contributed by atoms with E-state index in [2.05, 4.69) is 20.5 Å². The Morgan fingerprint density at radius 1 is 1.15 bits per heavy atom. The van der Waals surface area contributed by atoms with Crippen molar-refractivity contribution in [2.75, 3.05) is 11.9 Å². The second-order valence-electron chi connectivity index (χ2n) is 7.07. The summed E-state index contributed by atoms with van der Waals surface area (Å²) in [4.78, 5) is 17.0. The second kappa shape index (κ2) is 10.5. The average molecular weight is 480 g/mol. The molecule has 0 saturated heterocycles. The molecule has 0 fully saturated rings. The van der Waals surface area contributed by atoms with Crippen molar-refractivity contribution in [3.05, 3.63) is 78.1 Å². The molecule has 2 aromatic carbocycles. The average Bonchev–Trinajstić information content (AvgIpc) is 3.24. The van der Waals surface area contributed by atoms with Crippen LogP contribution in [0.4, 0.5) is 5.69 Å². The van der Waals surface area contributed by atoms with Gasteiger partial charge in [-0.25, -0.2) is 0 Å². The Balaban J connectivity index is 1.63. The number of ether oxygens (including phenoxy) is 1. The molecule has 0 aliphatic heterocycles. The molecule has 0 radical (unpaired) electrons. The van der Waals surface area contributed by atoms with Crippen molar-refractivity contribution < 1.29 is 9.53 Å². The Kier molecular flexibility index (Phi) is 7.26. The predicted molar refractivity (Wildman–Crippen MR) is 131 cm³/mol. The summed E-state index contributed by atoms with van der Waals surface area (Å²) in [5.74, 6) is 1.25. The molecule has 4 rings (SSSR count). The number of anilines is 1. The van der Waals surface area contributed by atoms with E-state index in [0.717, 1.165) is 17.0 Å². The first-order valence-electron chi connectivity index (χ1n) is 10.4. The van der Waals surface area contributed by atoms with E-state index in [9.17, 15) is 4.79 Å². The van der Waals surface area contributed by atoms with Gasteiger partial charge in [0.25, 0.3) is 0 Å². The lowest BCUT2D eigenvalue weighted by Crippen LogP contribution is -2.22. The van der Waals surface area contributed by atoms with Crippen LogP contribution in [-0.2, 0) is 4.79 Å². The van der Waals surface area contributed by atoms with Crippen LogP contribution in [-0.4, -0.2) is 37.5 Å². The van der Waals surface area contributed by atoms with E-state index in [1.165, 1.54) is 11.8 Å². The van der Waals surface area contributed by atoms with Crippen LogP contribution in [0.1, 0.15) is 13.8 Å². The normalized spacial score (nSPS) is 11.7. The number of nitrogens with one attached hydrogen (secondary N) is 1. The zero-order valence-electron chi connectivity index (χ0n) is 18.1. The maximum absolute atomic E-state index is 12.8. The highest BCUT2D eigenvalue weighted by Gasteiger charge is 2.22. The number of carbonyl (C=O) groups is 1. The largest absolute Gasteiger partial charge is 0.494 e. The van der Waals surface area contributed by atoms with E-state index < -0.39 is 5.25 Å². The van der Waals surface area contributed by atoms with Gasteiger partial charge in [-0.15, -0.1) is 10.2 Å². The van der Waals surface area contributed by atoms with Gasteiger partial charge in [-0.1, -0.05) is 29.4 Å². The fourth-order valence-electron chi connectivity index (χ4n) is 3.14. The van der Waals surface area contributed by atoms with Gasteiger partial charge in [0.2, 0.25) is 5.91 Å². The fraction of sp³-hybridized carbons (Fsp3) is 0.167. The zero-order valence-corrected chi connectivity index (χ0v) is 19.7. The number of hydrogen-bond acceptors (Lipinski definition) is 6. The van der Waals surface area contributed by atoms with Crippen LogP contribution in [0.15, 0.2) is 78.2 Å². The molecule has 2 aromatic heterocycles. The van der Waals surface area contributed by atoms with Gasteiger partial charge in [-0.05, 0) is 68.4 Å². The summed E-state index contributed by atoms with van der Waals surface area (Å²) in [5.41, 5.74) is 2.32. The van der Waals surface area contributed by atoms with E-state index in [-0.39, 0.29) is 5.91 Å². The summed E-state index contributed by atoms with van der Waals surface area (Å²) in [5, 5.41) is 12.4. The molecule has 1 amide bonds. The molecular formula is C24H22ClN5O2S. The van der Waals surface area contributed by atoms with Gasteiger partial charge in [0.15, 0.2) is 11.0 Å². The van der Waals surface area contributed by atoms with Gasteiger partial charge in [0.05, 0.1) is 11.9 Å². The van der Waals surface area contributed by atoms with Crippen LogP contribution in [0.5, 0.6) is 5.75 Å². The Bertz CT molecular complexity index is 1230. The molecule has 0 aliphatic carbocycles. The fourth-order valence-corrected chi connectivity index (χ4v) is 4.20. The molecular weight excluding hydrogens is 458 g/mol. The second-order valence-corrected chi connectivity index (χ2v) is 8.81. The summed E-state index contributed by atoms with van der Waals surface area (Å²) < 4.78 is 7.48. The van der Waals surface area contributed by atoms with Gasteiger partial charge in [0, 0.05) is 34.4 Å². The van der Waals surface area contributed by atoms with Crippen LogP contribution < -0.4 is 10.1 Å². The SMILES string of the molecule is CCOc1ccc(-n2c(SC(C)C(=O)Nc3cccc(Cl)c3)nnc2-c2cccnc2)cc1. The maximum Gasteiger partial charge on any atom is 0.237 e.